The van der Waals surface area contributed by atoms with Gasteiger partial charge in [-0.2, -0.15) is 0 Å². The molecular weight excluding hydrogens is 250 g/mol. The molecule has 0 aliphatic heterocycles. The third-order valence-corrected chi connectivity index (χ3v) is 3.31. The summed E-state index contributed by atoms with van der Waals surface area (Å²) in [6.45, 7) is 4.09. The van der Waals surface area contributed by atoms with Gasteiger partial charge in [0.15, 0.2) is 0 Å². The summed E-state index contributed by atoms with van der Waals surface area (Å²) in [5.41, 5.74) is 3.52. The molecule has 0 spiro atoms. The molecule has 1 amide bonds. The average Bonchev–Trinajstić information content (AvgIpc) is 2.45. The van der Waals surface area contributed by atoms with E-state index in [-0.39, 0.29) is 12.5 Å². The van der Waals surface area contributed by atoms with Crippen LogP contribution in [0.2, 0.25) is 0 Å². The Kier molecular flexibility index (Phi) is 4.53. The molecule has 104 valence electrons. The minimum absolute atomic E-state index is 0.158. The number of hydrogen-bond donors (Lipinski definition) is 2. The molecule has 0 aromatic heterocycles. The first-order valence-corrected chi connectivity index (χ1v) is 6.66. The molecular formula is C17H19NO2. The summed E-state index contributed by atoms with van der Waals surface area (Å²) in [7, 11) is 0. The van der Waals surface area contributed by atoms with Crippen LogP contribution in [-0.2, 0) is 0 Å². The lowest BCUT2D eigenvalue weighted by molar-refractivity contribution is 0.0915. The monoisotopic (exact) mass is 269 g/mol. The highest BCUT2D eigenvalue weighted by Gasteiger charge is 2.11. The average molecular weight is 269 g/mol. The Labute approximate surface area is 119 Å². The molecule has 0 heterocycles. The normalized spacial score (nSPS) is 11.9. The van der Waals surface area contributed by atoms with Gasteiger partial charge in [0, 0.05) is 12.1 Å². The molecule has 2 N–H and O–H groups in total. The second-order valence-corrected chi connectivity index (χ2v) is 4.95. The lowest BCUT2D eigenvalue weighted by atomic mass is 10.1. The van der Waals surface area contributed by atoms with Gasteiger partial charge in [0.25, 0.3) is 5.91 Å². The molecule has 0 unspecified atom stereocenters. The fraction of sp³-hybridized carbons (Fsp3) is 0.235. The minimum Gasteiger partial charge on any atom is -0.387 e. The lowest BCUT2D eigenvalue weighted by Gasteiger charge is -2.13. The van der Waals surface area contributed by atoms with Crippen molar-refractivity contribution in [3.05, 3.63) is 70.8 Å². The maximum Gasteiger partial charge on any atom is 0.251 e. The minimum atomic E-state index is -0.691. The number of rotatable bonds is 4. The van der Waals surface area contributed by atoms with E-state index in [0.29, 0.717) is 5.56 Å². The number of nitrogens with one attached hydrogen (secondary N) is 1. The van der Waals surface area contributed by atoms with Crippen molar-refractivity contribution in [3.63, 3.8) is 0 Å². The zero-order valence-electron chi connectivity index (χ0n) is 11.8. The van der Waals surface area contributed by atoms with Crippen molar-refractivity contribution >= 4 is 5.91 Å². The Morgan fingerprint density at radius 1 is 1.10 bits per heavy atom. The van der Waals surface area contributed by atoms with E-state index in [0.717, 1.165) is 16.7 Å². The molecule has 2 rings (SSSR count). The van der Waals surface area contributed by atoms with E-state index in [2.05, 4.69) is 5.32 Å². The fourth-order valence-electron chi connectivity index (χ4n) is 2.02. The highest BCUT2D eigenvalue weighted by atomic mass is 16.3. The number of hydrogen-bond acceptors (Lipinski definition) is 2. The summed E-state index contributed by atoms with van der Waals surface area (Å²) < 4.78 is 0. The van der Waals surface area contributed by atoms with Crippen LogP contribution >= 0.6 is 0 Å². The van der Waals surface area contributed by atoms with Gasteiger partial charge < -0.3 is 10.4 Å². The van der Waals surface area contributed by atoms with Crippen LogP contribution < -0.4 is 5.32 Å². The van der Waals surface area contributed by atoms with Crippen molar-refractivity contribution in [1.82, 2.24) is 5.32 Å². The molecule has 0 bridgehead atoms. The van der Waals surface area contributed by atoms with E-state index < -0.39 is 6.10 Å². The maximum absolute atomic E-state index is 12.0. The molecule has 1 atom stereocenters. The van der Waals surface area contributed by atoms with E-state index in [1.54, 1.807) is 6.07 Å². The quantitative estimate of drug-likeness (QED) is 0.896. The predicted octanol–water partition coefficient (Wildman–Crippen LogP) is 2.77. The van der Waals surface area contributed by atoms with Gasteiger partial charge in [-0.15, -0.1) is 0 Å². The van der Waals surface area contributed by atoms with Gasteiger partial charge in [0.2, 0.25) is 0 Å². The number of amides is 1. The molecule has 20 heavy (non-hydrogen) atoms. The summed E-state index contributed by atoms with van der Waals surface area (Å²) in [4.78, 5) is 12.0. The molecule has 3 nitrogen and oxygen atoms in total. The van der Waals surface area contributed by atoms with E-state index >= 15 is 0 Å². The standard InChI is InChI=1S/C17H19NO2/c1-12-7-9-14(10-8-12)16(19)11-18-17(20)15-6-4-3-5-13(15)2/h3-10,16,19H,11H2,1-2H3,(H,18,20)/t16-/m1/s1. The Morgan fingerprint density at radius 2 is 1.75 bits per heavy atom. The molecule has 0 saturated carbocycles. The summed E-state index contributed by atoms with van der Waals surface area (Å²) >= 11 is 0. The van der Waals surface area contributed by atoms with Crippen LogP contribution in [0, 0.1) is 13.8 Å². The van der Waals surface area contributed by atoms with E-state index in [9.17, 15) is 9.90 Å². The van der Waals surface area contributed by atoms with Crippen molar-refractivity contribution in [2.75, 3.05) is 6.54 Å². The molecule has 0 radical (unpaired) electrons. The van der Waals surface area contributed by atoms with Gasteiger partial charge in [-0.05, 0) is 31.0 Å². The molecule has 2 aromatic carbocycles. The van der Waals surface area contributed by atoms with Gasteiger partial charge in [-0.1, -0.05) is 48.0 Å². The lowest BCUT2D eigenvalue weighted by Crippen LogP contribution is -2.28. The Bertz CT molecular complexity index is 590. The summed E-state index contributed by atoms with van der Waals surface area (Å²) in [5, 5.41) is 12.8. The number of aryl methyl sites for hydroxylation is 2. The van der Waals surface area contributed by atoms with Crippen molar-refractivity contribution in [2.45, 2.75) is 20.0 Å². The summed E-state index contributed by atoms with van der Waals surface area (Å²) in [6.07, 6.45) is -0.691. The second-order valence-electron chi connectivity index (χ2n) is 4.95. The second kappa shape index (κ2) is 6.35. The van der Waals surface area contributed by atoms with Crippen LogP contribution in [0.3, 0.4) is 0 Å². The van der Waals surface area contributed by atoms with Crippen LogP contribution in [0.25, 0.3) is 0 Å². The highest BCUT2D eigenvalue weighted by Crippen LogP contribution is 2.13. The molecule has 0 aliphatic rings. The molecule has 0 fully saturated rings. The van der Waals surface area contributed by atoms with Crippen LogP contribution in [0.15, 0.2) is 48.5 Å². The first-order chi connectivity index (χ1) is 9.58. The number of aliphatic hydroxyl groups is 1. The predicted molar refractivity (Wildman–Crippen MR) is 79.7 cm³/mol. The molecule has 0 aliphatic carbocycles. The molecule has 2 aromatic rings. The Morgan fingerprint density at radius 3 is 2.40 bits per heavy atom. The largest absolute Gasteiger partial charge is 0.387 e. The van der Waals surface area contributed by atoms with E-state index in [1.165, 1.54) is 0 Å². The third-order valence-electron chi connectivity index (χ3n) is 3.31. The van der Waals surface area contributed by atoms with E-state index in [4.69, 9.17) is 0 Å². The van der Waals surface area contributed by atoms with Crippen LogP contribution in [0.4, 0.5) is 0 Å². The van der Waals surface area contributed by atoms with Crippen molar-refractivity contribution in [2.24, 2.45) is 0 Å². The number of carbonyl (C=O) groups excluding carboxylic acids is 1. The molecule has 3 heteroatoms. The zero-order chi connectivity index (χ0) is 14.5. The van der Waals surface area contributed by atoms with Gasteiger partial charge in [0.05, 0.1) is 6.10 Å². The zero-order valence-corrected chi connectivity index (χ0v) is 11.8. The first-order valence-electron chi connectivity index (χ1n) is 6.66. The third kappa shape index (κ3) is 3.45. The van der Waals surface area contributed by atoms with Crippen LogP contribution in [0.1, 0.15) is 33.2 Å². The fourth-order valence-corrected chi connectivity index (χ4v) is 2.02. The first kappa shape index (κ1) is 14.3. The topological polar surface area (TPSA) is 49.3 Å². The van der Waals surface area contributed by atoms with Crippen LogP contribution in [-0.4, -0.2) is 17.6 Å². The smallest absolute Gasteiger partial charge is 0.251 e. The van der Waals surface area contributed by atoms with Crippen molar-refractivity contribution < 1.29 is 9.90 Å². The summed E-state index contributed by atoms with van der Waals surface area (Å²) in [6, 6.07) is 15.0. The van der Waals surface area contributed by atoms with Gasteiger partial charge >= 0.3 is 0 Å². The van der Waals surface area contributed by atoms with Crippen LogP contribution in [0.5, 0.6) is 0 Å². The Hall–Kier alpha value is -2.13. The van der Waals surface area contributed by atoms with E-state index in [1.807, 2.05) is 56.3 Å². The Balaban J connectivity index is 1.97. The number of benzene rings is 2. The SMILES string of the molecule is Cc1ccc([C@H](O)CNC(=O)c2ccccc2C)cc1. The molecule has 0 saturated heterocycles. The summed E-state index contributed by atoms with van der Waals surface area (Å²) in [5.74, 6) is -0.158. The van der Waals surface area contributed by atoms with Crippen molar-refractivity contribution in [1.29, 1.82) is 0 Å². The maximum atomic E-state index is 12.0. The number of carbonyl (C=O) groups is 1. The van der Waals surface area contributed by atoms with Crippen molar-refractivity contribution in [3.8, 4) is 0 Å². The van der Waals surface area contributed by atoms with Gasteiger partial charge in [-0.3, -0.25) is 4.79 Å². The number of aliphatic hydroxyl groups excluding tert-OH is 1. The highest BCUT2D eigenvalue weighted by molar-refractivity contribution is 5.95. The van der Waals surface area contributed by atoms with Gasteiger partial charge in [-0.25, -0.2) is 0 Å². The van der Waals surface area contributed by atoms with Gasteiger partial charge in [0.1, 0.15) is 0 Å².